The molecule has 1 amide bonds. The maximum Gasteiger partial charge on any atom is 0.242 e. The molecule has 1 aromatic heterocycles. The summed E-state index contributed by atoms with van der Waals surface area (Å²) in [4.78, 5) is 12.1. The van der Waals surface area contributed by atoms with Crippen LogP contribution in [0.2, 0.25) is 0 Å². The summed E-state index contributed by atoms with van der Waals surface area (Å²) < 4.78 is 1.88. The molecular weight excluding hydrogens is 272 g/mol. The third kappa shape index (κ3) is 3.87. The standard InChI is InChI=1S/C16H19ClN2O/c1-13(19-10-8-15(11-17)12-19)16(20)18-9-7-14-5-3-2-4-6-14/h2-6,8,10,12-13H,7,9,11H2,1H3,(H,18,20). The summed E-state index contributed by atoms with van der Waals surface area (Å²) >= 11 is 5.76. The first-order chi connectivity index (χ1) is 9.70. The average Bonchev–Trinajstić information content (AvgIpc) is 2.96. The fourth-order valence-corrected chi connectivity index (χ4v) is 2.20. The first-order valence-corrected chi connectivity index (χ1v) is 7.28. The van der Waals surface area contributed by atoms with E-state index in [9.17, 15) is 4.79 Å². The van der Waals surface area contributed by atoms with E-state index in [1.54, 1.807) is 0 Å². The smallest absolute Gasteiger partial charge is 0.242 e. The molecule has 0 radical (unpaired) electrons. The Morgan fingerprint density at radius 1 is 1.25 bits per heavy atom. The van der Waals surface area contributed by atoms with Crippen LogP contribution in [-0.4, -0.2) is 17.0 Å². The van der Waals surface area contributed by atoms with Gasteiger partial charge < -0.3 is 9.88 Å². The zero-order valence-corrected chi connectivity index (χ0v) is 12.3. The molecule has 0 saturated carbocycles. The normalized spacial score (nSPS) is 12.1. The van der Waals surface area contributed by atoms with Gasteiger partial charge in [0.15, 0.2) is 0 Å². The van der Waals surface area contributed by atoms with Gasteiger partial charge in [-0.1, -0.05) is 30.3 Å². The number of rotatable bonds is 6. The molecule has 0 saturated heterocycles. The monoisotopic (exact) mass is 290 g/mol. The molecule has 0 aliphatic rings. The number of amides is 1. The molecule has 1 atom stereocenters. The lowest BCUT2D eigenvalue weighted by molar-refractivity contribution is -0.123. The summed E-state index contributed by atoms with van der Waals surface area (Å²) in [7, 11) is 0. The van der Waals surface area contributed by atoms with Crippen molar-refractivity contribution in [2.24, 2.45) is 0 Å². The van der Waals surface area contributed by atoms with Crippen LogP contribution in [0.25, 0.3) is 0 Å². The molecule has 0 fully saturated rings. The molecule has 2 rings (SSSR count). The molecule has 4 heteroatoms. The zero-order valence-electron chi connectivity index (χ0n) is 11.6. The van der Waals surface area contributed by atoms with Gasteiger partial charge in [0.1, 0.15) is 6.04 Å². The van der Waals surface area contributed by atoms with E-state index in [-0.39, 0.29) is 11.9 Å². The summed E-state index contributed by atoms with van der Waals surface area (Å²) in [6, 6.07) is 11.8. The van der Waals surface area contributed by atoms with Gasteiger partial charge in [-0.15, -0.1) is 11.6 Å². The number of carbonyl (C=O) groups excluding carboxylic acids is 1. The molecule has 0 aliphatic heterocycles. The molecule has 0 bridgehead atoms. The van der Waals surface area contributed by atoms with Crippen LogP contribution in [0.1, 0.15) is 24.1 Å². The molecule has 1 unspecified atom stereocenters. The van der Waals surface area contributed by atoms with Crippen LogP contribution in [0.4, 0.5) is 0 Å². The van der Waals surface area contributed by atoms with Crippen molar-refractivity contribution in [3.8, 4) is 0 Å². The van der Waals surface area contributed by atoms with Crippen molar-refractivity contribution >= 4 is 17.5 Å². The third-order valence-corrected chi connectivity index (χ3v) is 3.62. The second kappa shape index (κ2) is 7.15. The summed E-state index contributed by atoms with van der Waals surface area (Å²) in [6.07, 6.45) is 4.64. The maximum absolute atomic E-state index is 12.1. The fraction of sp³-hybridized carbons (Fsp3) is 0.312. The highest BCUT2D eigenvalue weighted by atomic mass is 35.5. The lowest BCUT2D eigenvalue weighted by atomic mass is 10.1. The van der Waals surface area contributed by atoms with Crippen LogP contribution >= 0.6 is 11.6 Å². The Labute approximate surface area is 124 Å². The molecule has 3 nitrogen and oxygen atoms in total. The Balaban J connectivity index is 1.82. The lowest BCUT2D eigenvalue weighted by Crippen LogP contribution is -2.32. The van der Waals surface area contributed by atoms with Gasteiger partial charge in [0.05, 0.1) is 0 Å². The number of benzene rings is 1. The molecular formula is C16H19ClN2O. The minimum atomic E-state index is -0.220. The minimum Gasteiger partial charge on any atom is -0.354 e. The highest BCUT2D eigenvalue weighted by molar-refractivity contribution is 6.17. The Morgan fingerprint density at radius 3 is 2.65 bits per heavy atom. The number of halogens is 1. The first kappa shape index (κ1) is 14.7. The summed E-state index contributed by atoms with van der Waals surface area (Å²) in [5, 5.41) is 2.96. The molecule has 0 spiro atoms. The van der Waals surface area contributed by atoms with Gasteiger partial charge >= 0.3 is 0 Å². The number of aromatic nitrogens is 1. The van der Waals surface area contributed by atoms with E-state index in [1.165, 1.54) is 5.56 Å². The van der Waals surface area contributed by atoms with E-state index in [4.69, 9.17) is 11.6 Å². The molecule has 2 aromatic rings. The Hall–Kier alpha value is -1.74. The van der Waals surface area contributed by atoms with Crippen LogP contribution in [-0.2, 0) is 17.1 Å². The van der Waals surface area contributed by atoms with Gasteiger partial charge in [0.2, 0.25) is 5.91 Å². The van der Waals surface area contributed by atoms with E-state index in [0.29, 0.717) is 12.4 Å². The van der Waals surface area contributed by atoms with Crippen molar-refractivity contribution in [3.05, 3.63) is 59.9 Å². The first-order valence-electron chi connectivity index (χ1n) is 6.74. The number of carbonyl (C=O) groups is 1. The zero-order chi connectivity index (χ0) is 14.4. The lowest BCUT2D eigenvalue weighted by Gasteiger charge is -2.14. The highest BCUT2D eigenvalue weighted by Gasteiger charge is 2.13. The van der Waals surface area contributed by atoms with Crippen LogP contribution < -0.4 is 5.32 Å². The van der Waals surface area contributed by atoms with Crippen LogP contribution in [0.3, 0.4) is 0 Å². The molecule has 1 N–H and O–H groups in total. The Bertz CT molecular complexity index is 551. The number of nitrogens with one attached hydrogen (secondary N) is 1. The van der Waals surface area contributed by atoms with Crippen molar-refractivity contribution in [1.29, 1.82) is 0 Å². The van der Waals surface area contributed by atoms with Gasteiger partial charge in [-0.25, -0.2) is 0 Å². The fourth-order valence-electron chi connectivity index (χ4n) is 2.04. The number of hydrogen-bond acceptors (Lipinski definition) is 1. The summed E-state index contributed by atoms with van der Waals surface area (Å²) in [6.45, 7) is 2.53. The number of alkyl halides is 1. The van der Waals surface area contributed by atoms with Gasteiger partial charge in [-0.05, 0) is 30.5 Å². The molecule has 106 valence electrons. The van der Waals surface area contributed by atoms with Crippen molar-refractivity contribution < 1.29 is 4.79 Å². The molecule has 0 aliphatic carbocycles. The SMILES string of the molecule is CC(C(=O)NCCc1ccccc1)n1ccc(CCl)c1. The number of hydrogen-bond donors (Lipinski definition) is 1. The molecule has 20 heavy (non-hydrogen) atoms. The van der Waals surface area contributed by atoms with Gasteiger partial charge in [-0.2, -0.15) is 0 Å². The van der Waals surface area contributed by atoms with E-state index >= 15 is 0 Å². The number of nitrogens with zero attached hydrogens (tertiary/aromatic N) is 1. The van der Waals surface area contributed by atoms with Gasteiger partial charge in [0.25, 0.3) is 0 Å². The second-order valence-electron chi connectivity index (χ2n) is 4.80. The van der Waals surface area contributed by atoms with E-state index in [0.717, 1.165) is 12.0 Å². The predicted molar refractivity (Wildman–Crippen MR) is 81.9 cm³/mol. The van der Waals surface area contributed by atoms with Crippen molar-refractivity contribution in [1.82, 2.24) is 9.88 Å². The summed E-state index contributed by atoms with van der Waals surface area (Å²) in [5.74, 6) is 0.493. The second-order valence-corrected chi connectivity index (χ2v) is 5.07. The predicted octanol–water partition coefficient (Wildman–Crippen LogP) is 3.15. The van der Waals surface area contributed by atoms with Crippen molar-refractivity contribution in [2.75, 3.05) is 6.54 Å². The van der Waals surface area contributed by atoms with E-state index < -0.39 is 0 Å². The highest BCUT2D eigenvalue weighted by Crippen LogP contribution is 2.11. The van der Waals surface area contributed by atoms with Gasteiger partial charge in [0, 0.05) is 24.8 Å². The van der Waals surface area contributed by atoms with Crippen molar-refractivity contribution in [3.63, 3.8) is 0 Å². The quantitative estimate of drug-likeness (QED) is 0.815. The Kier molecular flexibility index (Phi) is 5.24. The summed E-state index contributed by atoms with van der Waals surface area (Å²) in [5.41, 5.74) is 2.25. The van der Waals surface area contributed by atoms with Crippen LogP contribution in [0.5, 0.6) is 0 Å². The average molecular weight is 291 g/mol. The largest absolute Gasteiger partial charge is 0.354 e. The maximum atomic E-state index is 12.1. The molecule has 1 aromatic carbocycles. The minimum absolute atomic E-state index is 0.0256. The van der Waals surface area contributed by atoms with E-state index in [1.807, 2.05) is 48.1 Å². The van der Waals surface area contributed by atoms with Crippen LogP contribution in [0.15, 0.2) is 48.8 Å². The van der Waals surface area contributed by atoms with Gasteiger partial charge in [-0.3, -0.25) is 4.79 Å². The topological polar surface area (TPSA) is 34.0 Å². The Morgan fingerprint density at radius 2 is 2.00 bits per heavy atom. The van der Waals surface area contributed by atoms with E-state index in [2.05, 4.69) is 17.4 Å². The van der Waals surface area contributed by atoms with Crippen molar-refractivity contribution in [2.45, 2.75) is 25.3 Å². The third-order valence-electron chi connectivity index (χ3n) is 3.31. The molecule has 1 heterocycles. The van der Waals surface area contributed by atoms with Crippen LogP contribution in [0, 0.1) is 0 Å².